The summed E-state index contributed by atoms with van der Waals surface area (Å²) in [5.41, 5.74) is 5.24. The molecule has 0 heterocycles. The van der Waals surface area contributed by atoms with Crippen LogP contribution in [0.15, 0.2) is 18.2 Å². The molecular formula is C31H47NO8. The first-order chi connectivity index (χ1) is 18.7. The Morgan fingerprint density at radius 3 is 2.00 bits per heavy atom. The van der Waals surface area contributed by atoms with Crippen LogP contribution in [-0.4, -0.2) is 42.6 Å². The maximum atomic E-state index is 12.8. The van der Waals surface area contributed by atoms with Gasteiger partial charge in [0.05, 0.1) is 16.7 Å². The lowest BCUT2D eigenvalue weighted by molar-refractivity contribution is -0.161. The van der Waals surface area contributed by atoms with Gasteiger partial charge in [-0.05, 0) is 84.4 Å². The van der Waals surface area contributed by atoms with Crippen molar-refractivity contribution in [3.63, 3.8) is 0 Å². The molecule has 40 heavy (non-hydrogen) atoms. The second-order valence-electron chi connectivity index (χ2n) is 12.1. The van der Waals surface area contributed by atoms with Crippen molar-refractivity contribution < 1.29 is 38.1 Å². The van der Waals surface area contributed by atoms with Crippen molar-refractivity contribution in [2.45, 2.75) is 112 Å². The molecule has 9 nitrogen and oxygen atoms in total. The van der Waals surface area contributed by atoms with Crippen molar-refractivity contribution in [2.24, 2.45) is 22.5 Å². The third kappa shape index (κ3) is 9.61. The van der Waals surface area contributed by atoms with E-state index >= 15 is 0 Å². The fourth-order valence-electron chi connectivity index (χ4n) is 3.92. The van der Waals surface area contributed by atoms with E-state index in [9.17, 15) is 19.2 Å². The Balaban J connectivity index is 2.07. The highest BCUT2D eigenvalue weighted by Gasteiger charge is 2.32. The van der Waals surface area contributed by atoms with Gasteiger partial charge in [-0.3, -0.25) is 19.2 Å². The topological polar surface area (TPSA) is 131 Å². The Hall–Kier alpha value is -2.94. The van der Waals surface area contributed by atoms with Crippen LogP contribution in [0.3, 0.4) is 0 Å². The van der Waals surface area contributed by atoms with E-state index < -0.39 is 40.9 Å². The lowest BCUT2D eigenvalue weighted by Crippen LogP contribution is -2.37. The van der Waals surface area contributed by atoms with Gasteiger partial charge in [-0.2, -0.15) is 0 Å². The van der Waals surface area contributed by atoms with Gasteiger partial charge in [-0.1, -0.05) is 39.2 Å². The number of benzene rings is 1. The van der Waals surface area contributed by atoms with Gasteiger partial charge in [0.2, 0.25) is 0 Å². The van der Waals surface area contributed by atoms with Crippen molar-refractivity contribution in [1.29, 1.82) is 0 Å². The zero-order valence-electron chi connectivity index (χ0n) is 25.2. The summed E-state index contributed by atoms with van der Waals surface area (Å²) in [6.07, 6.45) is 5.41. The monoisotopic (exact) mass is 561 g/mol. The van der Waals surface area contributed by atoms with E-state index in [0.29, 0.717) is 18.4 Å². The van der Waals surface area contributed by atoms with E-state index in [4.69, 9.17) is 24.7 Å². The molecule has 224 valence electrons. The molecule has 0 spiro atoms. The van der Waals surface area contributed by atoms with Crippen molar-refractivity contribution in [3.05, 3.63) is 23.8 Å². The summed E-state index contributed by atoms with van der Waals surface area (Å²) < 4.78 is 22.1. The zero-order chi connectivity index (χ0) is 30.1. The summed E-state index contributed by atoms with van der Waals surface area (Å²) in [5, 5.41) is 0. The lowest BCUT2D eigenvalue weighted by atomic mass is 9.89. The van der Waals surface area contributed by atoms with Gasteiger partial charge >= 0.3 is 23.9 Å². The molecule has 0 unspecified atom stereocenters. The number of hydrogen-bond acceptors (Lipinski definition) is 9. The van der Waals surface area contributed by atoms with Gasteiger partial charge < -0.3 is 24.7 Å². The maximum Gasteiger partial charge on any atom is 0.323 e. The van der Waals surface area contributed by atoms with E-state index in [1.165, 1.54) is 6.07 Å². The molecule has 2 N–H and O–H groups in total. The minimum atomic E-state index is -1.01. The van der Waals surface area contributed by atoms with E-state index in [2.05, 4.69) is 0 Å². The van der Waals surface area contributed by atoms with Crippen LogP contribution < -0.4 is 15.2 Å². The molecule has 9 heteroatoms. The first-order valence-corrected chi connectivity index (χ1v) is 14.4. The molecule has 0 bridgehead atoms. The van der Waals surface area contributed by atoms with Gasteiger partial charge in [-0.15, -0.1) is 0 Å². The highest BCUT2D eigenvalue weighted by atomic mass is 16.6. The summed E-state index contributed by atoms with van der Waals surface area (Å²) >= 11 is 0. The molecule has 0 aromatic heterocycles. The number of nitrogens with two attached hydrogens (primary N) is 1. The van der Waals surface area contributed by atoms with Crippen molar-refractivity contribution >= 4 is 23.9 Å². The highest BCUT2D eigenvalue weighted by molar-refractivity contribution is 5.81. The molecule has 1 fully saturated rings. The summed E-state index contributed by atoms with van der Waals surface area (Å²) in [6.45, 7) is 12.5. The van der Waals surface area contributed by atoms with Gasteiger partial charge in [0.1, 0.15) is 18.8 Å². The van der Waals surface area contributed by atoms with Crippen LogP contribution >= 0.6 is 0 Å². The average Bonchev–Trinajstić information content (AvgIpc) is 2.93. The molecule has 0 aliphatic heterocycles. The van der Waals surface area contributed by atoms with Gasteiger partial charge in [0.25, 0.3) is 0 Å². The molecular weight excluding hydrogens is 514 g/mol. The summed E-state index contributed by atoms with van der Waals surface area (Å²) in [7, 11) is 0. The van der Waals surface area contributed by atoms with Crippen LogP contribution in [0.5, 0.6) is 11.5 Å². The highest BCUT2D eigenvalue weighted by Crippen LogP contribution is 2.34. The van der Waals surface area contributed by atoms with Crippen LogP contribution in [0.4, 0.5) is 0 Å². The minimum Gasteiger partial charge on any atom is -0.462 e. The number of ether oxygens (including phenoxy) is 4. The Morgan fingerprint density at radius 1 is 0.900 bits per heavy atom. The molecule has 1 aliphatic rings. The molecule has 2 atom stereocenters. The van der Waals surface area contributed by atoms with Crippen LogP contribution in [0.25, 0.3) is 0 Å². The van der Waals surface area contributed by atoms with Gasteiger partial charge in [0.15, 0.2) is 11.5 Å². The van der Waals surface area contributed by atoms with E-state index in [1.54, 1.807) is 46.8 Å². The molecule has 1 saturated carbocycles. The van der Waals surface area contributed by atoms with E-state index in [0.717, 1.165) is 32.1 Å². The number of rotatable bonds is 13. The van der Waals surface area contributed by atoms with Gasteiger partial charge in [0, 0.05) is 0 Å². The number of carbonyl (C=O) groups is 4. The predicted octanol–water partition coefficient (Wildman–Crippen LogP) is 5.29. The van der Waals surface area contributed by atoms with E-state index in [1.807, 2.05) is 13.8 Å². The summed E-state index contributed by atoms with van der Waals surface area (Å²) in [6, 6.07) is 3.73. The van der Waals surface area contributed by atoms with Crippen LogP contribution in [0, 0.1) is 16.7 Å². The van der Waals surface area contributed by atoms with Crippen molar-refractivity contribution in [2.75, 3.05) is 6.61 Å². The summed E-state index contributed by atoms with van der Waals surface area (Å²) in [4.78, 5) is 50.5. The Bertz CT molecular complexity index is 1040. The fourth-order valence-corrected chi connectivity index (χ4v) is 3.92. The third-order valence-electron chi connectivity index (χ3n) is 7.76. The largest absolute Gasteiger partial charge is 0.462 e. The standard InChI is InChI=1S/C31H47NO8/c1-8-30(4,5)28(35)39-24-16-15-21(18-25(24)40-29(36)31(6,7)9-2)17-23(32)27(34)38-20(3)19-37-26(33)22-13-11-10-12-14-22/h15-16,18,20,22-23H,8-14,17,19,32H2,1-7H3/t20-,23-/m0/s1. The molecule has 2 rings (SSSR count). The van der Waals surface area contributed by atoms with Crippen molar-refractivity contribution in [3.8, 4) is 11.5 Å². The van der Waals surface area contributed by atoms with Crippen LogP contribution in [0.2, 0.25) is 0 Å². The molecule has 1 aliphatic carbocycles. The number of esters is 4. The first-order valence-electron chi connectivity index (χ1n) is 14.4. The van der Waals surface area contributed by atoms with Crippen LogP contribution in [0.1, 0.15) is 99.0 Å². The summed E-state index contributed by atoms with van der Waals surface area (Å²) in [5.74, 6) is -1.71. The molecule has 0 saturated heterocycles. The average molecular weight is 562 g/mol. The molecule has 1 aromatic carbocycles. The second-order valence-corrected chi connectivity index (χ2v) is 12.1. The minimum absolute atomic E-state index is 0.0325. The van der Waals surface area contributed by atoms with E-state index in [-0.39, 0.29) is 36.4 Å². The molecule has 0 radical (unpaired) electrons. The number of carbonyl (C=O) groups excluding carboxylic acids is 4. The Morgan fingerprint density at radius 2 is 1.45 bits per heavy atom. The lowest BCUT2D eigenvalue weighted by Gasteiger charge is -2.24. The first kappa shape index (κ1) is 33.3. The second kappa shape index (κ2) is 14.6. The molecule has 1 aromatic rings. The SMILES string of the molecule is CCC(C)(C)C(=O)Oc1ccc(C[C@H](N)C(=O)O[C@@H](C)COC(=O)C2CCCCC2)cc1OC(=O)C(C)(C)CC. The normalized spacial score (nSPS) is 16.0. The maximum absolute atomic E-state index is 12.8. The quantitative estimate of drug-likeness (QED) is 0.252. The Labute approximate surface area is 238 Å². The smallest absolute Gasteiger partial charge is 0.323 e. The zero-order valence-corrected chi connectivity index (χ0v) is 25.2. The van der Waals surface area contributed by atoms with Crippen molar-refractivity contribution in [1.82, 2.24) is 0 Å². The fraction of sp³-hybridized carbons (Fsp3) is 0.677. The Kier molecular flexibility index (Phi) is 12.2. The third-order valence-corrected chi connectivity index (χ3v) is 7.76. The van der Waals surface area contributed by atoms with Crippen LogP contribution in [-0.2, 0) is 35.1 Å². The predicted molar refractivity (Wildman–Crippen MR) is 151 cm³/mol. The molecule has 0 amide bonds. The van der Waals surface area contributed by atoms with Gasteiger partial charge in [-0.25, -0.2) is 0 Å². The number of hydrogen-bond donors (Lipinski definition) is 1.